The van der Waals surface area contributed by atoms with Crippen molar-refractivity contribution in [3.8, 4) is 5.75 Å². The third-order valence-electron chi connectivity index (χ3n) is 5.76. The summed E-state index contributed by atoms with van der Waals surface area (Å²) in [5.41, 5.74) is 5.29. The molecule has 0 spiro atoms. The van der Waals surface area contributed by atoms with Crippen LogP contribution in [0.5, 0.6) is 5.75 Å². The lowest BCUT2D eigenvalue weighted by Gasteiger charge is -2.35. The third kappa shape index (κ3) is 3.01. The molecule has 1 atom stereocenters. The summed E-state index contributed by atoms with van der Waals surface area (Å²) in [6, 6.07) is 17.3. The number of aromatic nitrogens is 3. The number of benzene rings is 2. The maximum absolute atomic E-state index is 13.6. The predicted octanol–water partition coefficient (Wildman–Crippen LogP) is 4.06. The van der Waals surface area contributed by atoms with Crippen molar-refractivity contribution in [2.75, 3.05) is 13.7 Å². The van der Waals surface area contributed by atoms with E-state index in [0.717, 1.165) is 45.6 Å². The highest BCUT2D eigenvalue weighted by atomic mass is 16.5. The summed E-state index contributed by atoms with van der Waals surface area (Å²) in [4.78, 5) is 28.0. The van der Waals surface area contributed by atoms with Gasteiger partial charge in [-0.15, -0.1) is 0 Å². The number of para-hydroxylation sites is 1. The molecule has 0 fully saturated rings. The number of imidazole rings is 1. The zero-order valence-electron chi connectivity index (χ0n) is 16.9. The molecule has 6 heteroatoms. The number of pyridine rings is 1. The van der Waals surface area contributed by atoms with Crippen LogP contribution in [-0.4, -0.2) is 39.4 Å². The normalized spacial score (nSPS) is 15.8. The van der Waals surface area contributed by atoms with Crippen LogP contribution in [0, 0.1) is 6.92 Å². The molecule has 0 aliphatic carbocycles. The van der Waals surface area contributed by atoms with E-state index in [9.17, 15) is 4.79 Å². The molecule has 0 unspecified atom stereocenters. The molecular weight excluding hydrogens is 376 g/mol. The number of rotatable bonds is 3. The fraction of sp³-hybridized carbons (Fsp3) is 0.208. The summed E-state index contributed by atoms with van der Waals surface area (Å²) < 4.78 is 5.30. The Morgan fingerprint density at radius 3 is 2.77 bits per heavy atom. The number of nitrogens with one attached hydrogen (secondary N) is 1. The number of methoxy groups -OCH3 is 1. The molecule has 0 saturated heterocycles. The van der Waals surface area contributed by atoms with Crippen LogP contribution < -0.4 is 4.74 Å². The lowest BCUT2D eigenvalue weighted by molar-refractivity contribution is 0.0685. The molecule has 150 valence electrons. The second kappa shape index (κ2) is 7.30. The number of nitrogens with zero attached hydrogens (tertiary/aromatic N) is 3. The Bertz CT molecular complexity index is 1230. The summed E-state index contributed by atoms with van der Waals surface area (Å²) in [5.74, 6) is 0.694. The van der Waals surface area contributed by atoms with E-state index in [1.165, 1.54) is 0 Å². The Morgan fingerprint density at radius 1 is 1.17 bits per heavy atom. The van der Waals surface area contributed by atoms with Crippen molar-refractivity contribution < 1.29 is 9.53 Å². The molecule has 0 saturated carbocycles. The summed E-state index contributed by atoms with van der Waals surface area (Å²) >= 11 is 0. The molecule has 6 nitrogen and oxygen atoms in total. The zero-order valence-corrected chi connectivity index (χ0v) is 16.9. The maximum atomic E-state index is 13.6. The first-order valence-electron chi connectivity index (χ1n) is 9.99. The maximum Gasteiger partial charge on any atom is 0.273 e. The fourth-order valence-corrected chi connectivity index (χ4v) is 4.23. The van der Waals surface area contributed by atoms with E-state index in [0.29, 0.717) is 12.2 Å². The van der Waals surface area contributed by atoms with Crippen LogP contribution in [0.2, 0.25) is 0 Å². The van der Waals surface area contributed by atoms with Gasteiger partial charge in [0.25, 0.3) is 5.91 Å². The number of carbonyl (C=O) groups is 1. The number of ether oxygens (including phenoxy) is 1. The highest BCUT2D eigenvalue weighted by Gasteiger charge is 2.35. The van der Waals surface area contributed by atoms with Gasteiger partial charge in [-0.1, -0.05) is 30.3 Å². The van der Waals surface area contributed by atoms with Crippen LogP contribution in [0.25, 0.3) is 10.9 Å². The number of amides is 1. The van der Waals surface area contributed by atoms with Crippen LogP contribution in [-0.2, 0) is 6.42 Å². The van der Waals surface area contributed by atoms with E-state index >= 15 is 0 Å². The second-order valence-electron chi connectivity index (χ2n) is 7.53. The number of hydrogen-bond acceptors (Lipinski definition) is 4. The lowest BCUT2D eigenvalue weighted by Crippen LogP contribution is -2.41. The van der Waals surface area contributed by atoms with E-state index in [1.807, 2.05) is 66.4 Å². The average Bonchev–Trinajstić information content (AvgIpc) is 3.27. The van der Waals surface area contributed by atoms with Crippen LogP contribution in [0.3, 0.4) is 0 Å². The summed E-state index contributed by atoms with van der Waals surface area (Å²) in [7, 11) is 1.64. The summed E-state index contributed by atoms with van der Waals surface area (Å²) in [5, 5.41) is 1.06. The molecule has 1 amide bonds. The molecule has 1 aliphatic rings. The number of hydrogen-bond donors (Lipinski definition) is 1. The van der Waals surface area contributed by atoms with Gasteiger partial charge in [-0.05, 0) is 42.3 Å². The topological polar surface area (TPSA) is 71.1 Å². The molecule has 0 radical (unpaired) electrons. The largest absolute Gasteiger partial charge is 0.497 e. The molecule has 0 bridgehead atoms. The highest BCUT2D eigenvalue weighted by Crippen LogP contribution is 2.35. The van der Waals surface area contributed by atoms with Gasteiger partial charge in [-0.3, -0.25) is 4.79 Å². The number of H-pyrrole nitrogens is 1. The smallest absolute Gasteiger partial charge is 0.273 e. The Morgan fingerprint density at radius 2 is 1.97 bits per heavy atom. The van der Waals surface area contributed by atoms with Gasteiger partial charge in [0, 0.05) is 24.0 Å². The van der Waals surface area contributed by atoms with Gasteiger partial charge >= 0.3 is 0 Å². The predicted molar refractivity (Wildman–Crippen MR) is 115 cm³/mol. The Hall–Kier alpha value is -3.67. The van der Waals surface area contributed by atoms with Crippen molar-refractivity contribution in [2.24, 2.45) is 0 Å². The molecule has 30 heavy (non-hydrogen) atoms. The Labute approximate surface area is 174 Å². The molecule has 2 aromatic heterocycles. The highest BCUT2D eigenvalue weighted by molar-refractivity contribution is 5.96. The molecule has 4 aromatic rings. The van der Waals surface area contributed by atoms with E-state index in [2.05, 4.69) is 15.0 Å². The van der Waals surface area contributed by atoms with Crippen LogP contribution >= 0.6 is 0 Å². The number of aromatic amines is 1. The summed E-state index contributed by atoms with van der Waals surface area (Å²) in [6.07, 6.45) is 2.44. The van der Waals surface area contributed by atoms with Gasteiger partial charge in [-0.2, -0.15) is 0 Å². The quantitative estimate of drug-likeness (QED) is 0.565. The molecule has 1 N–H and O–H groups in total. The first-order valence-corrected chi connectivity index (χ1v) is 9.99. The van der Waals surface area contributed by atoms with Crippen LogP contribution in [0.4, 0.5) is 0 Å². The van der Waals surface area contributed by atoms with Crippen molar-refractivity contribution >= 4 is 16.8 Å². The van der Waals surface area contributed by atoms with Gasteiger partial charge in [0.2, 0.25) is 0 Å². The lowest BCUT2D eigenvalue weighted by atomic mass is 9.95. The van der Waals surface area contributed by atoms with E-state index in [-0.39, 0.29) is 11.9 Å². The molecule has 3 heterocycles. The number of carbonyl (C=O) groups excluding carboxylic acids is 1. The van der Waals surface area contributed by atoms with Gasteiger partial charge in [0.1, 0.15) is 17.5 Å². The molecule has 5 rings (SSSR count). The van der Waals surface area contributed by atoms with Gasteiger partial charge in [-0.25, -0.2) is 9.97 Å². The number of fused-ring (bicyclic) bond motifs is 2. The molecular formula is C24H22N4O2. The van der Waals surface area contributed by atoms with Crippen molar-refractivity contribution in [3.05, 3.63) is 89.1 Å². The van der Waals surface area contributed by atoms with Gasteiger partial charge in [0.15, 0.2) is 0 Å². The monoisotopic (exact) mass is 398 g/mol. The Kier molecular flexibility index (Phi) is 4.47. The first kappa shape index (κ1) is 18.4. The van der Waals surface area contributed by atoms with Crippen molar-refractivity contribution in [1.82, 2.24) is 19.9 Å². The van der Waals surface area contributed by atoms with E-state index < -0.39 is 0 Å². The van der Waals surface area contributed by atoms with Crippen LogP contribution in [0.1, 0.15) is 39.0 Å². The first-order chi connectivity index (χ1) is 14.7. The van der Waals surface area contributed by atoms with Gasteiger partial charge in [0.05, 0.1) is 24.6 Å². The van der Waals surface area contributed by atoms with Crippen LogP contribution in [0.15, 0.2) is 60.9 Å². The minimum Gasteiger partial charge on any atom is -0.497 e. The van der Waals surface area contributed by atoms with Crippen molar-refractivity contribution in [1.29, 1.82) is 0 Å². The fourth-order valence-electron chi connectivity index (χ4n) is 4.23. The Balaban J connectivity index is 1.58. The minimum absolute atomic E-state index is 0.0849. The van der Waals surface area contributed by atoms with Gasteiger partial charge < -0.3 is 14.6 Å². The third-order valence-corrected chi connectivity index (χ3v) is 5.76. The number of aryl methyl sites for hydroxylation is 1. The molecule has 2 aromatic carbocycles. The SMILES string of the molecule is COc1ccc([C@H]2c3nc[nH]c3CCN2C(=O)c2cc(C)c3ccccc3n2)cc1. The van der Waals surface area contributed by atoms with Crippen molar-refractivity contribution in [3.63, 3.8) is 0 Å². The van der Waals surface area contributed by atoms with E-state index in [4.69, 9.17) is 4.74 Å². The molecule has 1 aliphatic heterocycles. The zero-order chi connectivity index (χ0) is 20.7. The average molecular weight is 398 g/mol. The standard InChI is InChI=1S/C24H22N4O2/c1-15-13-21(27-19-6-4-3-5-18(15)19)24(29)28-12-11-20-22(26-14-25-20)23(28)16-7-9-17(30-2)10-8-16/h3-10,13-14,23H,11-12H2,1-2H3,(H,25,26)/t23-/m0/s1. The second-order valence-corrected chi connectivity index (χ2v) is 7.53. The van der Waals surface area contributed by atoms with Crippen molar-refractivity contribution in [2.45, 2.75) is 19.4 Å². The summed E-state index contributed by atoms with van der Waals surface area (Å²) in [6.45, 7) is 2.61. The minimum atomic E-state index is -0.271. The van der Waals surface area contributed by atoms with E-state index in [1.54, 1.807) is 13.4 Å².